The van der Waals surface area contributed by atoms with Crippen LogP contribution in [0.2, 0.25) is 5.28 Å². The monoisotopic (exact) mass is 277 g/mol. The van der Waals surface area contributed by atoms with E-state index in [0.29, 0.717) is 6.42 Å². The second kappa shape index (κ2) is 4.57. The summed E-state index contributed by atoms with van der Waals surface area (Å²) < 4.78 is 25.1. The molecular formula is C10H16ClN3O2S. The standard InChI is InChI=1S/C10H16ClN3O2S/c1-7(2)9-12-13-10(11)14(9)8-4-3-5-17(15,16)6-8/h7-8H,3-6H2,1-2H3. The molecule has 1 fully saturated rings. The maximum Gasteiger partial charge on any atom is 0.225 e. The topological polar surface area (TPSA) is 64.8 Å². The number of sulfone groups is 1. The molecule has 1 aliphatic heterocycles. The van der Waals surface area contributed by atoms with Crippen LogP contribution in [0.1, 0.15) is 44.5 Å². The summed E-state index contributed by atoms with van der Waals surface area (Å²) in [5.41, 5.74) is 0. The Morgan fingerprint density at radius 1 is 1.41 bits per heavy atom. The van der Waals surface area contributed by atoms with Crippen molar-refractivity contribution in [2.75, 3.05) is 11.5 Å². The predicted octanol–water partition coefficient (Wildman–Crippen LogP) is 1.80. The van der Waals surface area contributed by atoms with E-state index in [1.54, 1.807) is 4.57 Å². The van der Waals surface area contributed by atoms with Gasteiger partial charge in [-0.25, -0.2) is 8.42 Å². The van der Waals surface area contributed by atoms with Crippen molar-refractivity contribution >= 4 is 21.4 Å². The van der Waals surface area contributed by atoms with Gasteiger partial charge in [0.25, 0.3) is 0 Å². The van der Waals surface area contributed by atoms with Crippen LogP contribution in [0.5, 0.6) is 0 Å². The number of halogens is 1. The highest BCUT2D eigenvalue weighted by molar-refractivity contribution is 7.91. The Kier molecular flexibility index (Phi) is 3.45. The van der Waals surface area contributed by atoms with Gasteiger partial charge in [-0.3, -0.25) is 4.57 Å². The molecule has 1 aromatic rings. The van der Waals surface area contributed by atoms with Gasteiger partial charge in [-0.2, -0.15) is 0 Å². The molecule has 1 aromatic heterocycles. The third-order valence-corrected chi connectivity index (χ3v) is 5.06. The highest BCUT2D eigenvalue weighted by Crippen LogP contribution is 2.29. The highest BCUT2D eigenvalue weighted by atomic mass is 35.5. The summed E-state index contributed by atoms with van der Waals surface area (Å²) in [5.74, 6) is 1.36. The first-order chi connectivity index (χ1) is 7.91. The zero-order chi connectivity index (χ0) is 12.6. The van der Waals surface area contributed by atoms with Gasteiger partial charge in [-0.15, -0.1) is 10.2 Å². The van der Waals surface area contributed by atoms with Gasteiger partial charge in [0.15, 0.2) is 9.84 Å². The van der Waals surface area contributed by atoms with Crippen LogP contribution in [0.25, 0.3) is 0 Å². The Morgan fingerprint density at radius 3 is 2.71 bits per heavy atom. The van der Waals surface area contributed by atoms with E-state index in [0.717, 1.165) is 12.2 Å². The van der Waals surface area contributed by atoms with Crippen LogP contribution in [0, 0.1) is 0 Å². The lowest BCUT2D eigenvalue weighted by Crippen LogP contribution is -2.28. The summed E-state index contributed by atoms with van der Waals surface area (Å²) in [5, 5.41) is 8.16. The number of rotatable bonds is 2. The van der Waals surface area contributed by atoms with Gasteiger partial charge in [0.2, 0.25) is 5.28 Å². The van der Waals surface area contributed by atoms with Gasteiger partial charge in [0.1, 0.15) is 5.82 Å². The third kappa shape index (κ3) is 2.63. The van der Waals surface area contributed by atoms with Crippen molar-refractivity contribution in [3.63, 3.8) is 0 Å². The zero-order valence-electron chi connectivity index (χ0n) is 9.93. The van der Waals surface area contributed by atoms with Gasteiger partial charge >= 0.3 is 0 Å². The summed E-state index contributed by atoms with van der Waals surface area (Å²) in [7, 11) is -2.95. The molecule has 0 bridgehead atoms. The van der Waals surface area contributed by atoms with E-state index in [-0.39, 0.29) is 28.7 Å². The van der Waals surface area contributed by atoms with Crippen molar-refractivity contribution in [2.24, 2.45) is 0 Å². The van der Waals surface area contributed by atoms with Gasteiger partial charge in [-0.1, -0.05) is 13.8 Å². The van der Waals surface area contributed by atoms with Crippen molar-refractivity contribution in [3.05, 3.63) is 11.1 Å². The maximum absolute atomic E-state index is 11.7. The number of hydrogen-bond acceptors (Lipinski definition) is 4. The van der Waals surface area contributed by atoms with Crippen LogP contribution < -0.4 is 0 Å². The molecule has 7 heteroatoms. The van der Waals surface area contributed by atoms with E-state index in [9.17, 15) is 8.42 Å². The van der Waals surface area contributed by atoms with Crippen LogP contribution in [0.4, 0.5) is 0 Å². The quantitative estimate of drug-likeness (QED) is 0.827. The molecule has 0 amide bonds. The molecule has 0 aliphatic carbocycles. The second-order valence-electron chi connectivity index (χ2n) is 4.76. The van der Waals surface area contributed by atoms with Crippen LogP contribution in [-0.4, -0.2) is 34.7 Å². The molecule has 1 aliphatic rings. The molecule has 0 saturated carbocycles. The minimum Gasteiger partial charge on any atom is -0.297 e. The van der Waals surface area contributed by atoms with Gasteiger partial charge < -0.3 is 0 Å². The molecule has 17 heavy (non-hydrogen) atoms. The van der Waals surface area contributed by atoms with Crippen LogP contribution in [0.15, 0.2) is 0 Å². The van der Waals surface area contributed by atoms with Crippen molar-refractivity contribution in [2.45, 2.75) is 38.6 Å². The first-order valence-electron chi connectivity index (χ1n) is 5.71. The zero-order valence-corrected chi connectivity index (χ0v) is 11.5. The van der Waals surface area contributed by atoms with E-state index in [2.05, 4.69) is 10.2 Å². The molecule has 0 spiro atoms. The largest absolute Gasteiger partial charge is 0.297 e. The molecule has 1 atom stereocenters. The fourth-order valence-corrected chi connectivity index (χ4v) is 4.15. The molecule has 0 N–H and O–H groups in total. The Balaban J connectivity index is 2.36. The number of aromatic nitrogens is 3. The predicted molar refractivity (Wildman–Crippen MR) is 66.0 cm³/mol. The van der Waals surface area contributed by atoms with Crippen LogP contribution in [-0.2, 0) is 9.84 Å². The second-order valence-corrected chi connectivity index (χ2v) is 7.33. The Bertz CT molecular complexity index is 510. The first-order valence-corrected chi connectivity index (χ1v) is 7.91. The molecule has 2 heterocycles. The molecule has 0 radical (unpaired) electrons. The van der Waals surface area contributed by atoms with Crippen molar-refractivity contribution < 1.29 is 8.42 Å². The Hall–Kier alpha value is -0.620. The fraction of sp³-hybridized carbons (Fsp3) is 0.800. The van der Waals surface area contributed by atoms with E-state index in [1.807, 2.05) is 13.8 Å². The normalized spacial score (nSPS) is 24.1. The summed E-state index contributed by atoms with van der Waals surface area (Å²) in [6, 6.07) is -0.117. The van der Waals surface area contributed by atoms with E-state index >= 15 is 0 Å². The Morgan fingerprint density at radius 2 is 2.12 bits per heavy atom. The molecule has 1 unspecified atom stereocenters. The lowest BCUT2D eigenvalue weighted by Gasteiger charge is -2.25. The molecule has 96 valence electrons. The van der Waals surface area contributed by atoms with Crippen LogP contribution in [0.3, 0.4) is 0 Å². The molecule has 0 aromatic carbocycles. The molecule has 1 saturated heterocycles. The highest BCUT2D eigenvalue weighted by Gasteiger charge is 2.29. The summed E-state index contributed by atoms with van der Waals surface area (Å²) in [6.45, 7) is 3.99. The number of hydrogen-bond donors (Lipinski definition) is 0. The van der Waals surface area contributed by atoms with Crippen molar-refractivity contribution in [3.8, 4) is 0 Å². The van der Waals surface area contributed by atoms with E-state index in [1.165, 1.54) is 0 Å². The van der Waals surface area contributed by atoms with Crippen LogP contribution >= 0.6 is 11.6 Å². The van der Waals surface area contributed by atoms with E-state index in [4.69, 9.17) is 11.6 Å². The minimum atomic E-state index is -2.95. The minimum absolute atomic E-state index is 0.117. The van der Waals surface area contributed by atoms with Gasteiger partial charge in [0.05, 0.1) is 17.5 Å². The van der Waals surface area contributed by atoms with Crippen molar-refractivity contribution in [1.29, 1.82) is 0 Å². The lowest BCUT2D eigenvalue weighted by molar-refractivity contribution is 0.451. The molecule has 5 nitrogen and oxygen atoms in total. The first kappa shape index (κ1) is 12.8. The molecular weight excluding hydrogens is 262 g/mol. The number of nitrogens with zero attached hydrogens (tertiary/aromatic N) is 3. The third-order valence-electron chi connectivity index (χ3n) is 3.00. The van der Waals surface area contributed by atoms with Gasteiger partial charge in [-0.05, 0) is 24.4 Å². The Labute approximate surface area is 106 Å². The summed E-state index contributed by atoms with van der Waals surface area (Å²) >= 11 is 6.01. The summed E-state index contributed by atoms with van der Waals surface area (Å²) in [6.07, 6.45) is 1.50. The maximum atomic E-state index is 11.7. The lowest BCUT2D eigenvalue weighted by atomic mass is 10.1. The molecule has 2 rings (SSSR count). The smallest absolute Gasteiger partial charge is 0.225 e. The SMILES string of the molecule is CC(C)c1nnc(Cl)n1C1CCCS(=O)(=O)C1. The van der Waals surface area contributed by atoms with E-state index < -0.39 is 9.84 Å². The van der Waals surface area contributed by atoms with Crippen molar-refractivity contribution in [1.82, 2.24) is 14.8 Å². The average molecular weight is 278 g/mol. The average Bonchev–Trinajstić information content (AvgIpc) is 2.58. The summed E-state index contributed by atoms with van der Waals surface area (Å²) in [4.78, 5) is 0. The van der Waals surface area contributed by atoms with Gasteiger partial charge in [0, 0.05) is 5.92 Å². The fourth-order valence-electron chi connectivity index (χ4n) is 2.22.